The normalized spacial score (nSPS) is 10.4. The highest BCUT2D eigenvalue weighted by Gasteiger charge is 2.04. The highest BCUT2D eigenvalue weighted by molar-refractivity contribution is 9.10. The molecule has 6 heteroatoms. The molecule has 0 amide bonds. The van der Waals surface area contributed by atoms with Crippen LogP contribution in [-0.4, -0.2) is 9.97 Å². The lowest BCUT2D eigenvalue weighted by Gasteiger charge is -2.06. The average molecular weight is 334 g/mol. The van der Waals surface area contributed by atoms with Crippen LogP contribution in [0.5, 0.6) is 11.6 Å². The van der Waals surface area contributed by atoms with Crippen LogP contribution in [0.2, 0.25) is 10.0 Å². The number of benzene rings is 1. The van der Waals surface area contributed by atoms with E-state index in [0.717, 1.165) is 0 Å². The van der Waals surface area contributed by atoms with E-state index in [2.05, 4.69) is 25.9 Å². The minimum Gasteiger partial charge on any atom is -0.439 e. The molecule has 2 aromatic rings. The van der Waals surface area contributed by atoms with Gasteiger partial charge in [-0.05, 0) is 41.1 Å². The first-order valence-corrected chi connectivity index (χ1v) is 6.23. The zero-order valence-electron chi connectivity index (χ0n) is 8.75. The predicted octanol–water partition coefficient (Wildman–Crippen LogP) is 4.65. The highest BCUT2D eigenvalue weighted by atomic mass is 79.9. The number of aromatic nitrogens is 2. The van der Waals surface area contributed by atoms with E-state index >= 15 is 0 Å². The van der Waals surface area contributed by atoms with Crippen LogP contribution in [0.1, 0.15) is 5.82 Å². The molecular formula is C11H7BrCl2N2O. The first-order valence-electron chi connectivity index (χ1n) is 4.68. The fraction of sp³-hybridized carbons (Fsp3) is 0.0909. The van der Waals surface area contributed by atoms with Gasteiger partial charge in [0.2, 0.25) is 5.88 Å². The maximum Gasteiger partial charge on any atom is 0.223 e. The van der Waals surface area contributed by atoms with Crippen LogP contribution in [0.15, 0.2) is 28.9 Å². The summed E-state index contributed by atoms with van der Waals surface area (Å²) in [6, 6.07) is 6.64. The number of hydrogen-bond acceptors (Lipinski definition) is 3. The summed E-state index contributed by atoms with van der Waals surface area (Å²) in [5, 5.41) is 1.02. The fourth-order valence-corrected chi connectivity index (χ4v) is 2.22. The molecule has 0 atom stereocenters. The standard InChI is InChI=1S/C11H7BrCl2N2O/c1-6-15-10(12)5-11(16-6)17-9-3-7(13)2-8(14)4-9/h2-5H,1H3. The van der Waals surface area contributed by atoms with Crippen molar-refractivity contribution in [2.75, 3.05) is 0 Å². The Morgan fingerprint density at radius 3 is 2.29 bits per heavy atom. The first kappa shape index (κ1) is 12.6. The molecule has 1 aromatic carbocycles. The van der Waals surface area contributed by atoms with Gasteiger partial charge < -0.3 is 4.74 Å². The topological polar surface area (TPSA) is 35.0 Å². The Kier molecular flexibility index (Phi) is 3.86. The molecule has 2 rings (SSSR count). The second-order valence-electron chi connectivity index (χ2n) is 3.28. The Morgan fingerprint density at radius 2 is 1.71 bits per heavy atom. The molecule has 0 unspecified atom stereocenters. The van der Waals surface area contributed by atoms with Crippen molar-refractivity contribution in [1.82, 2.24) is 9.97 Å². The molecule has 0 N–H and O–H groups in total. The SMILES string of the molecule is Cc1nc(Br)cc(Oc2cc(Cl)cc(Cl)c2)n1. The molecule has 0 saturated heterocycles. The summed E-state index contributed by atoms with van der Waals surface area (Å²) in [5.74, 6) is 1.58. The van der Waals surface area contributed by atoms with E-state index in [1.54, 1.807) is 31.2 Å². The summed E-state index contributed by atoms with van der Waals surface area (Å²) in [4.78, 5) is 8.22. The number of hydrogen-bond donors (Lipinski definition) is 0. The van der Waals surface area contributed by atoms with Crippen LogP contribution in [-0.2, 0) is 0 Å². The molecular weight excluding hydrogens is 327 g/mol. The van der Waals surface area contributed by atoms with Crippen LogP contribution < -0.4 is 4.74 Å². The summed E-state index contributed by atoms with van der Waals surface area (Å²) in [7, 11) is 0. The van der Waals surface area contributed by atoms with Gasteiger partial charge in [0.05, 0.1) is 0 Å². The second-order valence-corrected chi connectivity index (χ2v) is 4.97. The second kappa shape index (κ2) is 5.21. The third-order valence-corrected chi connectivity index (χ3v) is 2.68. The molecule has 17 heavy (non-hydrogen) atoms. The number of halogens is 3. The van der Waals surface area contributed by atoms with E-state index in [0.29, 0.717) is 32.1 Å². The van der Waals surface area contributed by atoms with Crippen molar-refractivity contribution in [2.45, 2.75) is 6.92 Å². The third-order valence-electron chi connectivity index (χ3n) is 1.84. The maximum absolute atomic E-state index is 5.87. The molecule has 0 aliphatic rings. The lowest BCUT2D eigenvalue weighted by Crippen LogP contribution is -1.93. The first-order chi connectivity index (χ1) is 8.02. The Labute approximate surface area is 117 Å². The van der Waals surface area contributed by atoms with Gasteiger partial charge in [0, 0.05) is 16.1 Å². The van der Waals surface area contributed by atoms with E-state index in [9.17, 15) is 0 Å². The van der Waals surface area contributed by atoms with Gasteiger partial charge in [-0.2, -0.15) is 4.98 Å². The summed E-state index contributed by atoms with van der Waals surface area (Å²) in [6.07, 6.45) is 0. The quantitative estimate of drug-likeness (QED) is 0.750. The van der Waals surface area contributed by atoms with Gasteiger partial charge in [-0.25, -0.2) is 4.98 Å². The number of rotatable bonds is 2. The Bertz CT molecular complexity index is 473. The molecule has 0 fully saturated rings. The van der Waals surface area contributed by atoms with Crippen molar-refractivity contribution in [3.63, 3.8) is 0 Å². The van der Waals surface area contributed by atoms with Gasteiger partial charge in [0.1, 0.15) is 16.2 Å². The third kappa shape index (κ3) is 3.56. The minimum absolute atomic E-state index is 0.433. The summed E-state index contributed by atoms with van der Waals surface area (Å²) >= 11 is 15.0. The summed E-state index contributed by atoms with van der Waals surface area (Å²) < 4.78 is 6.21. The maximum atomic E-state index is 5.87. The van der Waals surface area contributed by atoms with Gasteiger partial charge in [-0.3, -0.25) is 0 Å². The smallest absolute Gasteiger partial charge is 0.223 e. The predicted molar refractivity (Wildman–Crippen MR) is 71.0 cm³/mol. The molecule has 0 bridgehead atoms. The Balaban J connectivity index is 2.31. The molecule has 1 heterocycles. The largest absolute Gasteiger partial charge is 0.439 e. The molecule has 0 spiro atoms. The van der Waals surface area contributed by atoms with Crippen molar-refractivity contribution in [3.05, 3.63) is 44.7 Å². The fourth-order valence-electron chi connectivity index (χ4n) is 1.27. The number of ether oxygens (including phenoxy) is 1. The monoisotopic (exact) mass is 332 g/mol. The van der Waals surface area contributed by atoms with E-state index in [1.807, 2.05) is 0 Å². The van der Waals surface area contributed by atoms with E-state index < -0.39 is 0 Å². The van der Waals surface area contributed by atoms with Crippen molar-refractivity contribution < 1.29 is 4.74 Å². The zero-order valence-corrected chi connectivity index (χ0v) is 11.8. The lowest BCUT2D eigenvalue weighted by atomic mass is 10.3. The van der Waals surface area contributed by atoms with Gasteiger partial charge in [0.25, 0.3) is 0 Å². The summed E-state index contributed by atoms with van der Waals surface area (Å²) in [6.45, 7) is 1.78. The molecule has 0 aliphatic carbocycles. The summed E-state index contributed by atoms with van der Waals surface area (Å²) in [5.41, 5.74) is 0. The number of aryl methyl sites for hydroxylation is 1. The van der Waals surface area contributed by atoms with Crippen LogP contribution >= 0.6 is 39.1 Å². The molecule has 1 aromatic heterocycles. The van der Waals surface area contributed by atoms with Crippen molar-refractivity contribution in [3.8, 4) is 11.6 Å². The highest BCUT2D eigenvalue weighted by Crippen LogP contribution is 2.28. The van der Waals surface area contributed by atoms with Gasteiger partial charge in [0.15, 0.2) is 0 Å². The molecule has 88 valence electrons. The van der Waals surface area contributed by atoms with Crippen molar-refractivity contribution in [1.29, 1.82) is 0 Å². The van der Waals surface area contributed by atoms with Crippen LogP contribution in [0.3, 0.4) is 0 Å². The Morgan fingerprint density at radius 1 is 1.06 bits per heavy atom. The number of nitrogens with zero attached hydrogens (tertiary/aromatic N) is 2. The van der Waals surface area contributed by atoms with E-state index in [4.69, 9.17) is 27.9 Å². The average Bonchev–Trinajstić information content (AvgIpc) is 2.13. The van der Waals surface area contributed by atoms with Crippen LogP contribution in [0.4, 0.5) is 0 Å². The van der Waals surface area contributed by atoms with Gasteiger partial charge in [-0.1, -0.05) is 23.2 Å². The molecule has 0 aliphatic heterocycles. The van der Waals surface area contributed by atoms with Crippen LogP contribution in [0.25, 0.3) is 0 Å². The molecule has 3 nitrogen and oxygen atoms in total. The Hall–Kier alpha value is -0.840. The van der Waals surface area contributed by atoms with Crippen molar-refractivity contribution >= 4 is 39.1 Å². The van der Waals surface area contributed by atoms with Crippen LogP contribution in [0, 0.1) is 6.92 Å². The molecule has 0 radical (unpaired) electrons. The zero-order chi connectivity index (χ0) is 12.4. The van der Waals surface area contributed by atoms with Crippen molar-refractivity contribution in [2.24, 2.45) is 0 Å². The minimum atomic E-state index is 0.433. The van der Waals surface area contributed by atoms with Gasteiger partial charge >= 0.3 is 0 Å². The van der Waals surface area contributed by atoms with E-state index in [-0.39, 0.29) is 0 Å². The van der Waals surface area contributed by atoms with E-state index in [1.165, 1.54) is 0 Å². The van der Waals surface area contributed by atoms with Gasteiger partial charge in [-0.15, -0.1) is 0 Å². The lowest BCUT2D eigenvalue weighted by molar-refractivity contribution is 0.459. The molecule has 0 saturated carbocycles.